The minimum atomic E-state index is 0.0941. The third-order valence-electron chi connectivity index (χ3n) is 8.38. The van der Waals surface area contributed by atoms with Gasteiger partial charge in [-0.2, -0.15) is 0 Å². The van der Waals surface area contributed by atoms with Crippen LogP contribution in [0.5, 0.6) is 0 Å². The molecule has 1 amide bonds. The number of nitrogens with zero attached hydrogens (tertiary/aromatic N) is 1. The average Bonchev–Trinajstić information content (AvgIpc) is 2.98. The average molecular weight is 367 g/mol. The summed E-state index contributed by atoms with van der Waals surface area (Å²) in [4.78, 5) is 14.5. The first kappa shape index (κ1) is 17.7. The number of benzene rings is 1. The van der Waals surface area contributed by atoms with Gasteiger partial charge in [0.25, 0.3) is 0 Å². The number of rotatable bonds is 3. The molecule has 1 aromatic carbocycles. The third kappa shape index (κ3) is 3.22. The highest BCUT2D eigenvalue weighted by Gasteiger charge is 2.46. The Kier molecular flexibility index (Phi) is 4.54. The SMILES string of the molecule is CC(=O)N[C@H]1CC2(CCN(C[C@H]3C[C@H]4CC[C@H]3CC4)CC2)c2ccccc21. The first-order valence-corrected chi connectivity index (χ1v) is 11.2. The third-order valence-corrected chi connectivity index (χ3v) is 8.38. The molecule has 4 fully saturated rings. The second-order valence-corrected chi connectivity index (χ2v) is 9.90. The molecule has 1 aliphatic heterocycles. The van der Waals surface area contributed by atoms with E-state index in [1.54, 1.807) is 6.92 Å². The number of carbonyl (C=O) groups is 1. The van der Waals surface area contributed by atoms with Gasteiger partial charge in [0, 0.05) is 18.9 Å². The van der Waals surface area contributed by atoms with Crippen molar-refractivity contribution in [3.05, 3.63) is 35.4 Å². The van der Waals surface area contributed by atoms with Crippen molar-refractivity contribution < 1.29 is 4.79 Å². The van der Waals surface area contributed by atoms with Crippen LogP contribution < -0.4 is 5.32 Å². The number of likely N-dealkylation sites (tertiary alicyclic amines) is 1. The van der Waals surface area contributed by atoms with E-state index in [2.05, 4.69) is 34.5 Å². The van der Waals surface area contributed by atoms with E-state index in [4.69, 9.17) is 0 Å². The monoisotopic (exact) mass is 366 g/mol. The molecule has 0 unspecified atom stereocenters. The maximum Gasteiger partial charge on any atom is 0.217 e. The summed E-state index contributed by atoms with van der Waals surface area (Å²) in [6.07, 6.45) is 11.1. The Balaban J connectivity index is 1.26. The molecular weight excluding hydrogens is 332 g/mol. The lowest BCUT2D eigenvalue weighted by Gasteiger charge is -2.46. The molecule has 2 bridgehead atoms. The molecule has 0 radical (unpaired) electrons. The maximum absolute atomic E-state index is 11.7. The van der Waals surface area contributed by atoms with Crippen LogP contribution in [-0.2, 0) is 10.2 Å². The van der Waals surface area contributed by atoms with E-state index in [0.717, 1.165) is 24.2 Å². The number of nitrogens with one attached hydrogen (secondary N) is 1. The van der Waals surface area contributed by atoms with Gasteiger partial charge in [0.2, 0.25) is 5.91 Å². The van der Waals surface area contributed by atoms with Crippen LogP contribution in [0.25, 0.3) is 0 Å². The Bertz CT molecular complexity index is 698. The van der Waals surface area contributed by atoms with Crippen LogP contribution >= 0.6 is 0 Å². The second-order valence-electron chi connectivity index (χ2n) is 9.90. The van der Waals surface area contributed by atoms with E-state index >= 15 is 0 Å². The highest BCUT2D eigenvalue weighted by molar-refractivity contribution is 5.73. The summed E-state index contributed by atoms with van der Waals surface area (Å²) in [7, 11) is 0. The minimum Gasteiger partial charge on any atom is -0.349 e. The molecule has 1 heterocycles. The summed E-state index contributed by atoms with van der Waals surface area (Å²) < 4.78 is 0. The maximum atomic E-state index is 11.7. The van der Waals surface area contributed by atoms with Crippen molar-refractivity contribution in [1.82, 2.24) is 10.2 Å². The van der Waals surface area contributed by atoms with Gasteiger partial charge < -0.3 is 10.2 Å². The van der Waals surface area contributed by atoms with E-state index in [-0.39, 0.29) is 17.4 Å². The summed E-state index contributed by atoms with van der Waals surface area (Å²) >= 11 is 0. The van der Waals surface area contributed by atoms with Crippen LogP contribution in [0.1, 0.15) is 75.5 Å². The fraction of sp³-hybridized carbons (Fsp3) is 0.708. The fourth-order valence-electron chi connectivity index (χ4n) is 6.98. The number of hydrogen-bond acceptors (Lipinski definition) is 2. The molecule has 1 spiro atoms. The predicted octanol–water partition coefficient (Wildman–Crippen LogP) is 4.43. The van der Waals surface area contributed by atoms with Gasteiger partial charge in [0.05, 0.1) is 6.04 Å². The Labute approximate surface area is 163 Å². The summed E-state index contributed by atoms with van der Waals surface area (Å²) in [5.74, 6) is 3.12. The Morgan fingerprint density at radius 3 is 2.56 bits per heavy atom. The van der Waals surface area contributed by atoms with E-state index in [1.165, 1.54) is 75.7 Å². The van der Waals surface area contributed by atoms with Crippen LogP contribution in [-0.4, -0.2) is 30.4 Å². The molecule has 1 saturated heterocycles. The standard InChI is InChI=1S/C24H34N2O/c1-17(27)25-23-15-24(22-5-3-2-4-21(22)23)10-12-26(13-11-24)16-20-14-18-6-8-19(20)9-7-18/h2-5,18-20,23H,6-16H2,1H3,(H,25,27)/t18-,19-,20-,23+/m1/s1. The molecule has 146 valence electrons. The first-order valence-electron chi connectivity index (χ1n) is 11.2. The fourth-order valence-corrected chi connectivity index (χ4v) is 6.98. The van der Waals surface area contributed by atoms with E-state index < -0.39 is 0 Å². The predicted molar refractivity (Wildman–Crippen MR) is 109 cm³/mol. The molecule has 3 nitrogen and oxygen atoms in total. The second kappa shape index (κ2) is 6.92. The van der Waals surface area contributed by atoms with Crippen LogP contribution in [0.3, 0.4) is 0 Å². The topological polar surface area (TPSA) is 32.3 Å². The van der Waals surface area contributed by atoms with Gasteiger partial charge in [-0.1, -0.05) is 37.1 Å². The lowest BCUT2D eigenvalue weighted by molar-refractivity contribution is -0.119. The van der Waals surface area contributed by atoms with Crippen LogP contribution in [0.2, 0.25) is 0 Å². The number of carbonyl (C=O) groups excluding carboxylic acids is 1. The molecule has 27 heavy (non-hydrogen) atoms. The quantitative estimate of drug-likeness (QED) is 0.858. The summed E-state index contributed by atoms with van der Waals surface area (Å²) in [5.41, 5.74) is 3.16. The van der Waals surface area contributed by atoms with Crippen molar-refractivity contribution >= 4 is 5.91 Å². The molecule has 5 aliphatic rings. The molecule has 4 aliphatic carbocycles. The summed E-state index contributed by atoms with van der Waals surface area (Å²) in [5, 5.41) is 3.21. The van der Waals surface area contributed by atoms with E-state index in [9.17, 15) is 4.79 Å². The van der Waals surface area contributed by atoms with Gasteiger partial charge in [-0.3, -0.25) is 4.79 Å². The Hall–Kier alpha value is -1.35. The van der Waals surface area contributed by atoms with Crippen molar-refractivity contribution in [2.75, 3.05) is 19.6 Å². The highest BCUT2D eigenvalue weighted by atomic mass is 16.1. The first-order chi connectivity index (χ1) is 13.1. The van der Waals surface area contributed by atoms with E-state index in [1.807, 2.05) is 0 Å². The lowest BCUT2D eigenvalue weighted by atomic mass is 9.64. The number of fused-ring (bicyclic) bond motifs is 5. The zero-order valence-corrected chi connectivity index (χ0v) is 16.8. The number of hydrogen-bond donors (Lipinski definition) is 1. The van der Waals surface area contributed by atoms with Gasteiger partial charge >= 0.3 is 0 Å². The summed E-state index contributed by atoms with van der Waals surface area (Å²) in [6, 6.07) is 9.07. The van der Waals surface area contributed by atoms with Gasteiger partial charge in [0.1, 0.15) is 0 Å². The largest absolute Gasteiger partial charge is 0.349 e. The van der Waals surface area contributed by atoms with Crippen molar-refractivity contribution in [3.8, 4) is 0 Å². The molecule has 2 atom stereocenters. The Morgan fingerprint density at radius 2 is 1.89 bits per heavy atom. The van der Waals surface area contributed by atoms with Crippen molar-refractivity contribution in [2.24, 2.45) is 17.8 Å². The number of piperidine rings is 1. The smallest absolute Gasteiger partial charge is 0.217 e. The normalized spacial score (nSPS) is 34.6. The molecule has 1 N–H and O–H groups in total. The van der Waals surface area contributed by atoms with Gasteiger partial charge in [-0.05, 0) is 80.5 Å². The molecular formula is C24H34N2O. The molecule has 6 rings (SSSR count). The molecule has 3 saturated carbocycles. The zero-order chi connectivity index (χ0) is 18.4. The van der Waals surface area contributed by atoms with E-state index in [0.29, 0.717) is 0 Å². The van der Waals surface area contributed by atoms with Gasteiger partial charge in [-0.15, -0.1) is 0 Å². The van der Waals surface area contributed by atoms with Crippen LogP contribution in [0, 0.1) is 17.8 Å². The minimum absolute atomic E-state index is 0.0941. The van der Waals surface area contributed by atoms with Crippen molar-refractivity contribution in [1.29, 1.82) is 0 Å². The van der Waals surface area contributed by atoms with Gasteiger partial charge in [-0.25, -0.2) is 0 Å². The zero-order valence-electron chi connectivity index (χ0n) is 16.8. The van der Waals surface area contributed by atoms with Crippen molar-refractivity contribution in [2.45, 2.75) is 69.7 Å². The molecule has 3 heteroatoms. The van der Waals surface area contributed by atoms with Gasteiger partial charge in [0.15, 0.2) is 0 Å². The van der Waals surface area contributed by atoms with Crippen LogP contribution in [0.15, 0.2) is 24.3 Å². The Morgan fingerprint density at radius 1 is 1.15 bits per heavy atom. The molecule has 0 aromatic heterocycles. The lowest BCUT2D eigenvalue weighted by Crippen LogP contribution is -2.46. The van der Waals surface area contributed by atoms with Crippen molar-refractivity contribution in [3.63, 3.8) is 0 Å². The summed E-state index contributed by atoms with van der Waals surface area (Å²) in [6.45, 7) is 5.45. The molecule has 1 aromatic rings. The highest BCUT2D eigenvalue weighted by Crippen LogP contribution is 2.51. The van der Waals surface area contributed by atoms with Crippen LogP contribution in [0.4, 0.5) is 0 Å². The number of amides is 1.